The molecule has 1 aliphatic rings. The Morgan fingerprint density at radius 3 is 2.33 bits per heavy atom. The second-order valence-electron chi connectivity index (χ2n) is 6.72. The molecule has 1 N–H and O–H groups in total. The van der Waals surface area contributed by atoms with E-state index < -0.39 is 0 Å². The van der Waals surface area contributed by atoms with Crippen LogP contribution in [0.3, 0.4) is 0 Å². The molecule has 18 heavy (non-hydrogen) atoms. The van der Waals surface area contributed by atoms with Gasteiger partial charge in [0.25, 0.3) is 0 Å². The summed E-state index contributed by atoms with van der Waals surface area (Å²) in [6.07, 6.45) is 10.8. The average molecular weight is 255 g/mol. The molecule has 0 spiro atoms. The Morgan fingerprint density at radius 2 is 1.78 bits per heavy atom. The van der Waals surface area contributed by atoms with Gasteiger partial charge in [0.05, 0.1) is 0 Å². The highest BCUT2D eigenvalue weighted by atomic mass is 16.5. The van der Waals surface area contributed by atoms with Gasteiger partial charge in [0.1, 0.15) is 0 Å². The van der Waals surface area contributed by atoms with Gasteiger partial charge in [-0.2, -0.15) is 0 Å². The second-order valence-corrected chi connectivity index (χ2v) is 6.72. The third-order valence-electron chi connectivity index (χ3n) is 4.89. The van der Waals surface area contributed by atoms with Crippen molar-refractivity contribution in [3.8, 4) is 0 Å². The van der Waals surface area contributed by atoms with Gasteiger partial charge in [-0.25, -0.2) is 0 Å². The second kappa shape index (κ2) is 7.49. The van der Waals surface area contributed by atoms with E-state index in [0.717, 1.165) is 13.2 Å². The Morgan fingerprint density at radius 1 is 1.11 bits per heavy atom. The lowest BCUT2D eigenvalue weighted by molar-refractivity contribution is 0.0925. The first-order chi connectivity index (χ1) is 8.54. The van der Waals surface area contributed by atoms with Crippen LogP contribution in [-0.2, 0) is 4.74 Å². The van der Waals surface area contributed by atoms with Gasteiger partial charge in [-0.05, 0) is 57.9 Å². The van der Waals surface area contributed by atoms with E-state index in [-0.39, 0.29) is 5.54 Å². The van der Waals surface area contributed by atoms with E-state index in [1.165, 1.54) is 51.4 Å². The molecule has 1 fully saturated rings. The summed E-state index contributed by atoms with van der Waals surface area (Å²) >= 11 is 0. The van der Waals surface area contributed by atoms with Crippen LogP contribution in [0.1, 0.15) is 72.1 Å². The van der Waals surface area contributed by atoms with Crippen LogP contribution in [0.25, 0.3) is 0 Å². The van der Waals surface area contributed by atoms with Crippen LogP contribution in [0.2, 0.25) is 0 Å². The first-order valence-electron chi connectivity index (χ1n) is 7.78. The van der Waals surface area contributed by atoms with Gasteiger partial charge in [0, 0.05) is 19.3 Å². The Hall–Kier alpha value is -0.0800. The molecule has 0 saturated heterocycles. The summed E-state index contributed by atoms with van der Waals surface area (Å²) in [5.41, 5.74) is 0.849. The molecular weight excluding hydrogens is 222 g/mol. The van der Waals surface area contributed by atoms with Crippen molar-refractivity contribution in [2.24, 2.45) is 5.41 Å². The Labute approximate surface area is 114 Å². The van der Waals surface area contributed by atoms with Gasteiger partial charge in [0.15, 0.2) is 0 Å². The largest absolute Gasteiger partial charge is 0.385 e. The summed E-state index contributed by atoms with van der Waals surface area (Å²) in [7, 11) is 1.83. The molecule has 2 heteroatoms. The number of ether oxygens (including phenoxy) is 1. The fourth-order valence-corrected chi connectivity index (χ4v) is 3.04. The fourth-order valence-electron chi connectivity index (χ4n) is 3.04. The summed E-state index contributed by atoms with van der Waals surface area (Å²) < 4.78 is 5.32. The van der Waals surface area contributed by atoms with Crippen molar-refractivity contribution in [3.05, 3.63) is 0 Å². The maximum Gasteiger partial charge on any atom is 0.0467 e. The Kier molecular flexibility index (Phi) is 6.65. The van der Waals surface area contributed by atoms with Crippen molar-refractivity contribution in [2.75, 3.05) is 20.3 Å². The molecule has 2 nitrogen and oxygen atoms in total. The van der Waals surface area contributed by atoms with Gasteiger partial charge in [-0.15, -0.1) is 0 Å². The molecule has 0 atom stereocenters. The SMILES string of the molecule is CCC(C)(C)NCCC1(CCOC)CCCCC1. The van der Waals surface area contributed by atoms with E-state index in [1.54, 1.807) is 0 Å². The summed E-state index contributed by atoms with van der Waals surface area (Å²) in [6.45, 7) is 8.95. The Balaban J connectivity index is 2.41. The molecule has 0 aromatic heterocycles. The molecule has 1 rings (SSSR count). The highest BCUT2D eigenvalue weighted by Crippen LogP contribution is 2.42. The van der Waals surface area contributed by atoms with Gasteiger partial charge in [-0.3, -0.25) is 0 Å². The molecule has 0 amide bonds. The lowest BCUT2D eigenvalue weighted by Crippen LogP contribution is -2.41. The highest BCUT2D eigenvalue weighted by molar-refractivity contribution is 4.85. The molecular formula is C16H33NO. The van der Waals surface area contributed by atoms with Gasteiger partial charge in [0.2, 0.25) is 0 Å². The topological polar surface area (TPSA) is 21.3 Å². The standard InChI is InChI=1S/C16H33NO/c1-5-15(2,3)17-13-11-16(12-14-18-4)9-7-6-8-10-16/h17H,5-14H2,1-4H3. The normalized spacial score (nSPS) is 20.0. The average Bonchev–Trinajstić information content (AvgIpc) is 2.37. The van der Waals surface area contributed by atoms with Crippen LogP contribution in [0.15, 0.2) is 0 Å². The van der Waals surface area contributed by atoms with Crippen LogP contribution in [0.4, 0.5) is 0 Å². The zero-order valence-electron chi connectivity index (χ0n) is 13.0. The summed E-state index contributed by atoms with van der Waals surface area (Å²) in [5, 5.41) is 3.72. The predicted molar refractivity (Wildman–Crippen MR) is 79.0 cm³/mol. The smallest absolute Gasteiger partial charge is 0.0467 e. The van der Waals surface area contributed by atoms with Crippen molar-refractivity contribution in [3.63, 3.8) is 0 Å². The number of nitrogens with one attached hydrogen (secondary N) is 1. The van der Waals surface area contributed by atoms with Crippen molar-refractivity contribution in [1.29, 1.82) is 0 Å². The molecule has 0 unspecified atom stereocenters. The van der Waals surface area contributed by atoms with Crippen molar-refractivity contribution >= 4 is 0 Å². The van der Waals surface area contributed by atoms with Crippen LogP contribution < -0.4 is 5.32 Å². The van der Waals surface area contributed by atoms with Crippen LogP contribution >= 0.6 is 0 Å². The van der Waals surface area contributed by atoms with E-state index in [1.807, 2.05) is 7.11 Å². The molecule has 0 aromatic rings. The van der Waals surface area contributed by atoms with E-state index in [4.69, 9.17) is 4.74 Å². The highest BCUT2D eigenvalue weighted by Gasteiger charge is 2.31. The molecule has 0 aromatic carbocycles. The third-order valence-corrected chi connectivity index (χ3v) is 4.89. The van der Waals surface area contributed by atoms with Crippen LogP contribution in [-0.4, -0.2) is 25.8 Å². The minimum atomic E-state index is 0.289. The number of rotatable bonds is 8. The minimum Gasteiger partial charge on any atom is -0.385 e. The molecule has 1 saturated carbocycles. The third kappa shape index (κ3) is 5.27. The molecule has 108 valence electrons. The maximum absolute atomic E-state index is 5.32. The zero-order chi connectivity index (χ0) is 13.5. The minimum absolute atomic E-state index is 0.289. The van der Waals surface area contributed by atoms with E-state index in [0.29, 0.717) is 5.41 Å². The fraction of sp³-hybridized carbons (Fsp3) is 1.00. The number of methoxy groups -OCH3 is 1. The van der Waals surface area contributed by atoms with E-state index >= 15 is 0 Å². The maximum atomic E-state index is 5.32. The van der Waals surface area contributed by atoms with Gasteiger partial charge >= 0.3 is 0 Å². The van der Waals surface area contributed by atoms with Crippen molar-refractivity contribution in [1.82, 2.24) is 5.32 Å². The van der Waals surface area contributed by atoms with E-state index in [9.17, 15) is 0 Å². The van der Waals surface area contributed by atoms with Crippen molar-refractivity contribution in [2.45, 2.75) is 77.7 Å². The number of hydrogen-bond donors (Lipinski definition) is 1. The molecule has 0 bridgehead atoms. The zero-order valence-corrected chi connectivity index (χ0v) is 13.0. The molecule has 0 radical (unpaired) electrons. The molecule has 0 heterocycles. The summed E-state index contributed by atoms with van der Waals surface area (Å²) in [5.74, 6) is 0. The van der Waals surface area contributed by atoms with E-state index in [2.05, 4.69) is 26.1 Å². The first-order valence-corrected chi connectivity index (χ1v) is 7.78. The van der Waals surface area contributed by atoms with Gasteiger partial charge < -0.3 is 10.1 Å². The van der Waals surface area contributed by atoms with Crippen LogP contribution in [0, 0.1) is 5.41 Å². The quantitative estimate of drug-likeness (QED) is 0.704. The summed E-state index contributed by atoms with van der Waals surface area (Å²) in [4.78, 5) is 0. The number of hydrogen-bond acceptors (Lipinski definition) is 2. The Bertz CT molecular complexity index is 219. The summed E-state index contributed by atoms with van der Waals surface area (Å²) in [6, 6.07) is 0. The predicted octanol–water partition coefficient (Wildman–Crippen LogP) is 4.14. The molecule has 0 aliphatic heterocycles. The lowest BCUT2D eigenvalue weighted by atomic mass is 9.70. The lowest BCUT2D eigenvalue weighted by Gasteiger charge is -2.38. The first kappa shape index (κ1) is 16.0. The van der Waals surface area contributed by atoms with Crippen molar-refractivity contribution < 1.29 is 4.74 Å². The molecule has 1 aliphatic carbocycles. The van der Waals surface area contributed by atoms with Crippen LogP contribution in [0.5, 0.6) is 0 Å². The van der Waals surface area contributed by atoms with Gasteiger partial charge in [-0.1, -0.05) is 26.2 Å². The monoisotopic (exact) mass is 255 g/mol.